The number of ether oxygens (including phenoxy) is 2. The summed E-state index contributed by atoms with van der Waals surface area (Å²) in [4.78, 5) is 36.4. The maximum atomic E-state index is 12.6. The summed E-state index contributed by atoms with van der Waals surface area (Å²) in [5, 5.41) is 5.15. The molecule has 1 saturated carbocycles. The average molecular weight is 368 g/mol. The van der Waals surface area contributed by atoms with Crippen LogP contribution in [0.4, 0.5) is 0 Å². The van der Waals surface area contributed by atoms with Gasteiger partial charge >= 0.3 is 5.97 Å². The minimum Gasteiger partial charge on any atom is -0.482 e. The largest absolute Gasteiger partial charge is 0.482 e. The number of nitrogens with zero attached hydrogens (tertiary/aromatic N) is 2. The van der Waals surface area contributed by atoms with E-state index < -0.39 is 5.97 Å². The molecule has 0 radical (unpaired) electrons. The molecule has 7 nitrogen and oxygen atoms in total. The van der Waals surface area contributed by atoms with Crippen LogP contribution in [0.2, 0.25) is 0 Å². The molecule has 0 unspecified atom stereocenters. The maximum Gasteiger partial charge on any atom is 0.344 e. The lowest BCUT2D eigenvalue weighted by Crippen LogP contribution is -2.28. The molecule has 1 aromatic rings. The number of esters is 1. The highest BCUT2D eigenvalue weighted by Gasteiger charge is 2.59. The van der Waals surface area contributed by atoms with Gasteiger partial charge in [-0.3, -0.25) is 9.59 Å². The molecule has 3 aliphatic rings. The molecule has 4 atom stereocenters. The van der Waals surface area contributed by atoms with Crippen LogP contribution in [0.25, 0.3) is 0 Å². The van der Waals surface area contributed by atoms with E-state index >= 15 is 0 Å². The Morgan fingerprint density at radius 1 is 1.15 bits per heavy atom. The van der Waals surface area contributed by atoms with Crippen molar-refractivity contribution in [2.45, 2.75) is 13.3 Å². The SMILES string of the molecule is CCOC(=O)COc1ccc(/C=N\N2C(=O)[C@@H]3[C@@H](C2=O)[C@H]2C=C[C@@H]3C2)cc1. The predicted octanol–water partition coefficient (Wildman–Crippen LogP) is 1.77. The van der Waals surface area contributed by atoms with E-state index in [1.807, 2.05) is 0 Å². The standard InChI is InChI=1S/C20H20N2O5/c1-2-26-16(23)11-27-15-7-3-12(4-8-15)10-21-22-19(24)17-13-5-6-14(9-13)18(17)20(22)25/h3-8,10,13-14,17-18H,2,9,11H2,1H3/b21-10-/t13-,14+,17-,18-/m0/s1. The van der Waals surface area contributed by atoms with Crippen LogP contribution in [-0.4, -0.2) is 42.2 Å². The Bertz CT molecular complexity index is 799. The van der Waals surface area contributed by atoms with Gasteiger partial charge in [-0.2, -0.15) is 10.1 Å². The Balaban J connectivity index is 1.38. The molecular weight excluding hydrogens is 348 g/mol. The quantitative estimate of drug-likeness (QED) is 0.331. The number of hydrogen-bond donors (Lipinski definition) is 0. The zero-order valence-corrected chi connectivity index (χ0v) is 14.9. The van der Waals surface area contributed by atoms with Gasteiger partial charge in [0.05, 0.1) is 24.7 Å². The molecule has 27 heavy (non-hydrogen) atoms. The lowest BCUT2D eigenvalue weighted by molar-refractivity contribution is -0.145. The van der Waals surface area contributed by atoms with Crippen molar-refractivity contribution in [3.63, 3.8) is 0 Å². The topological polar surface area (TPSA) is 85.3 Å². The summed E-state index contributed by atoms with van der Waals surface area (Å²) in [6.07, 6.45) is 6.50. The van der Waals surface area contributed by atoms with E-state index in [1.54, 1.807) is 31.2 Å². The van der Waals surface area contributed by atoms with Crippen LogP contribution in [0.15, 0.2) is 41.5 Å². The fraction of sp³-hybridized carbons (Fsp3) is 0.400. The van der Waals surface area contributed by atoms with Crippen molar-refractivity contribution >= 4 is 24.0 Å². The molecule has 2 aliphatic carbocycles. The number of fused-ring (bicyclic) bond motifs is 5. The van der Waals surface area contributed by atoms with Crippen molar-refractivity contribution in [3.05, 3.63) is 42.0 Å². The third-order valence-corrected chi connectivity index (χ3v) is 5.31. The number of carbonyl (C=O) groups is 3. The highest BCUT2D eigenvalue weighted by Crippen LogP contribution is 2.52. The van der Waals surface area contributed by atoms with Gasteiger partial charge in [-0.15, -0.1) is 0 Å². The third-order valence-electron chi connectivity index (χ3n) is 5.31. The first-order chi connectivity index (χ1) is 13.1. The van der Waals surface area contributed by atoms with E-state index in [-0.39, 0.29) is 42.1 Å². The van der Waals surface area contributed by atoms with Gasteiger partial charge in [-0.1, -0.05) is 12.2 Å². The number of benzene rings is 1. The summed E-state index contributed by atoms with van der Waals surface area (Å²) in [5.74, 6) is -0.458. The summed E-state index contributed by atoms with van der Waals surface area (Å²) in [6, 6.07) is 6.85. The van der Waals surface area contributed by atoms with Crippen molar-refractivity contribution in [1.29, 1.82) is 0 Å². The molecule has 1 aromatic carbocycles. The minimum absolute atomic E-state index is 0.156. The Morgan fingerprint density at radius 3 is 2.37 bits per heavy atom. The monoisotopic (exact) mass is 368 g/mol. The number of hydrogen-bond acceptors (Lipinski definition) is 6. The van der Waals surface area contributed by atoms with Gasteiger partial charge in [0.1, 0.15) is 5.75 Å². The minimum atomic E-state index is -0.428. The second-order valence-corrected chi connectivity index (χ2v) is 6.90. The van der Waals surface area contributed by atoms with E-state index in [4.69, 9.17) is 9.47 Å². The fourth-order valence-corrected chi connectivity index (χ4v) is 4.12. The number of rotatable bonds is 6. The molecule has 0 spiro atoms. The van der Waals surface area contributed by atoms with Crippen LogP contribution in [0.5, 0.6) is 5.75 Å². The second kappa shape index (κ2) is 6.98. The summed E-state index contributed by atoms with van der Waals surface area (Å²) in [6.45, 7) is 1.89. The zero-order valence-electron chi connectivity index (χ0n) is 14.9. The highest BCUT2D eigenvalue weighted by atomic mass is 16.6. The molecule has 1 saturated heterocycles. The molecule has 1 aliphatic heterocycles. The third kappa shape index (κ3) is 3.13. The Morgan fingerprint density at radius 2 is 1.78 bits per heavy atom. The van der Waals surface area contributed by atoms with Crippen molar-refractivity contribution in [1.82, 2.24) is 5.01 Å². The predicted molar refractivity (Wildman–Crippen MR) is 95.7 cm³/mol. The van der Waals surface area contributed by atoms with Crippen LogP contribution < -0.4 is 4.74 Å². The second-order valence-electron chi connectivity index (χ2n) is 6.90. The first kappa shape index (κ1) is 17.5. The zero-order chi connectivity index (χ0) is 19.0. The smallest absolute Gasteiger partial charge is 0.344 e. The number of imide groups is 1. The molecule has 4 rings (SSSR count). The van der Waals surface area contributed by atoms with Crippen molar-refractivity contribution in [2.24, 2.45) is 28.8 Å². The maximum absolute atomic E-state index is 12.6. The Hall–Kier alpha value is -2.96. The number of carbonyl (C=O) groups excluding carboxylic acids is 3. The molecule has 2 bridgehead atoms. The van der Waals surface area contributed by atoms with Gasteiger partial charge in [0, 0.05) is 0 Å². The van der Waals surface area contributed by atoms with Crippen LogP contribution in [0, 0.1) is 23.7 Å². The lowest BCUT2D eigenvalue weighted by Gasteiger charge is -2.13. The van der Waals surface area contributed by atoms with Gasteiger partial charge in [0.25, 0.3) is 11.8 Å². The molecule has 2 fully saturated rings. The van der Waals surface area contributed by atoms with Gasteiger partial charge in [0.2, 0.25) is 0 Å². The van der Waals surface area contributed by atoms with E-state index in [0.29, 0.717) is 12.4 Å². The van der Waals surface area contributed by atoms with E-state index in [9.17, 15) is 14.4 Å². The van der Waals surface area contributed by atoms with Gasteiger partial charge in [0.15, 0.2) is 6.61 Å². The Kier molecular flexibility index (Phi) is 4.51. The molecule has 1 heterocycles. The van der Waals surface area contributed by atoms with Crippen LogP contribution in [0.3, 0.4) is 0 Å². The van der Waals surface area contributed by atoms with E-state index in [2.05, 4.69) is 17.3 Å². The van der Waals surface area contributed by atoms with Crippen LogP contribution in [-0.2, 0) is 19.1 Å². The highest BCUT2D eigenvalue weighted by molar-refractivity contribution is 6.06. The molecule has 0 N–H and O–H groups in total. The first-order valence-electron chi connectivity index (χ1n) is 9.07. The number of amides is 2. The summed E-state index contributed by atoms with van der Waals surface area (Å²) in [7, 11) is 0. The molecule has 7 heteroatoms. The summed E-state index contributed by atoms with van der Waals surface area (Å²) < 4.78 is 10.1. The van der Waals surface area contributed by atoms with Gasteiger partial charge in [-0.05, 0) is 55.0 Å². The van der Waals surface area contributed by atoms with Crippen LogP contribution in [0.1, 0.15) is 18.9 Å². The van der Waals surface area contributed by atoms with Crippen molar-refractivity contribution < 1.29 is 23.9 Å². The van der Waals surface area contributed by atoms with E-state index in [0.717, 1.165) is 17.0 Å². The fourth-order valence-electron chi connectivity index (χ4n) is 4.12. The number of allylic oxidation sites excluding steroid dienone is 2. The first-order valence-corrected chi connectivity index (χ1v) is 9.07. The van der Waals surface area contributed by atoms with Crippen LogP contribution >= 0.6 is 0 Å². The van der Waals surface area contributed by atoms with Crippen molar-refractivity contribution in [3.8, 4) is 5.75 Å². The molecule has 140 valence electrons. The summed E-state index contributed by atoms with van der Waals surface area (Å²) >= 11 is 0. The van der Waals surface area contributed by atoms with Crippen molar-refractivity contribution in [2.75, 3.05) is 13.2 Å². The number of hydrazone groups is 1. The molecular formula is C20H20N2O5. The lowest BCUT2D eigenvalue weighted by atomic mass is 9.85. The normalized spacial score (nSPS) is 28.3. The molecule has 0 aromatic heterocycles. The molecule has 2 amide bonds. The Labute approximate surface area is 156 Å². The van der Waals surface area contributed by atoms with E-state index in [1.165, 1.54) is 6.21 Å². The average Bonchev–Trinajstić information content (AvgIpc) is 3.34. The van der Waals surface area contributed by atoms with Gasteiger partial charge < -0.3 is 9.47 Å². The summed E-state index contributed by atoms with van der Waals surface area (Å²) in [5.41, 5.74) is 0.720. The van der Waals surface area contributed by atoms with Gasteiger partial charge in [-0.25, -0.2) is 4.79 Å².